The lowest BCUT2D eigenvalue weighted by Crippen LogP contribution is -2.34. The van der Waals surface area contributed by atoms with E-state index in [-0.39, 0.29) is 11.9 Å². The first-order valence-electron chi connectivity index (χ1n) is 7.07. The second-order valence-electron chi connectivity index (χ2n) is 5.47. The molecule has 1 unspecified atom stereocenters. The van der Waals surface area contributed by atoms with Crippen molar-refractivity contribution in [1.29, 1.82) is 0 Å². The van der Waals surface area contributed by atoms with Crippen LogP contribution in [0.3, 0.4) is 0 Å². The van der Waals surface area contributed by atoms with Crippen molar-refractivity contribution in [3.8, 4) is 0 Å². The van der Waals surface area contributed by atoms with Gasteiger partial charge >= 0.3 is 5.97 Å². The Hall–Kier alpha value is -1.52. The van der Waals surface area contributed by atoms with Gasteiger partial charge in [-0.2, -0.15) is 5.10 Å². The number of fused-ring (bicyclic) bond motifs is 1. The lowest BCUT2D eigenvalue weighted by atomic mass is 10.1. The fraction of sp³-hybridized carbons (Fsp3) is 0.714. The molecule has 5 nitrogen and oxygen atoms in total. The number of aryl methyl sites for hydroxylation is 1. The molecule has 0 aromatic carbocycles. The van der Waals surface area contributed by atoms with Crippen LogP contribution in [0.15, 0.2) is 6.07 Å². The van der Waals surface area contributed by atoms with Gasteiger partial charge in [0.1, 0.15) is 5.82 Å². The zero-order valence-corrected chi connectivity index (χ0v) is 12.0. The van der Waals surface area contributed by atoms with Gasteiger partial charge < -0.3 is 10.1 Å². The van der Waals surface area contributed by atoms with E-state index >= 15 is 0 Å². The van der Waals surface area contributed by atoms with Gasteiger partial charge in [-0.25, -0.2) is 4.68 Å². The van der Waals surface area contributed by atoms with Crippen molar-refractivity contribution in [2.24, 2.45) is 11.8 Å². The second-order valence-corrected chi connectivity index (χ2v) is 5.47. The first-order chi connectivity index (χ1) is 9.10. The van der Waals surface area contributed by atoms with Gasteiger partial charge in [0.25, 0.3) is 0 Å². The Balaban J connectivity index is 1.98. The molecule has 1 aromatic rings. The molecule has 0 fully saturated rings. The summed E-state index contributed by atoms with van der Waals surface area (Å²) in [4.78, 5) is 11.7. The molecular weight excluding hydrogens is 242 g/mol. The maximum absolute atomic E-state index is 11.7. The smallest absolute Gasteiger partial charge is 0.312 e. The standard InChI is InChI=1S/C14H23N3O2/c1-4-19-14(18)11-8-15-13-7-12(6-5-10(2)3)16-17(13)9-11/h7,10-11,15H,4-6,8-9H2,1-3H3. The zero-order chi connectivity index (χ0) is 13.8. The first kappa shape index (κ1) is 13.9. The SMILES string of the molecule is CCOC(=O)C1CNc2cc(CCC(C)C)nn2C1. The van der Waals surface area contributed by atoms with Crippen LogP contribution in [0.4, 0.5) is 5.82 Å². The molecule has 1 aliphatic rings. The number of nitrogens with one attached hydrogen (secondary N) is 1. The van der Waals surface area contributed by atoms with Crippen LogP contribution in [-0.2, 0) is 22.5 Å². The van der Waals surface area contributed by atoms with Gasteiger partial charge in [0, 0.05) is 12.6 Å². The van der Waals surface area contributed by atoms with Gasteiger partial charge in [0.15, 0.2) is 0 Å². The molecule has 1 aromatic heterocycles. The van der Waals surface area contributed by atoms with E-state index < -0.39 is 0 Å². The van der Waals surface area contributed by atoms with Gasteiger partial charge in [-0.1, -0.05) is 13.8 Å². The number of hydrogen-bond acceptors (Lipinski definition) is 4. The summed E-state index contributed by atoms with van der Waals surface area (Å²) in [7, 11) is 0. The van der Waals surface area contributed by atoms with Crippen molar-refractivity contribution in [3.05, 3.63) is 11.8 Å². The molecular formula is C14H23N3O2. The number of rotatable bonds is 5. The number of aromatic nitrogens is 2. The highest BCUT2D eigenvalue weighted by Crippen LogP contribution is 2.21. The van der Waals surface area contributed by atoms with E-state index in [2.05, 4.69) is 30.3 Å². The molecule has 2 rings (SSSR count). The summed E-state index contributed by atoms with van der Waals surface area (Å²) >= 11 is 0. The predicted octanol–water partition coefficient (Wildman–Crippen LogP) is 2.08. The lowest BCUT2D eigenvalue weighted by Gasteiger charge is -2.23. The number of esters is 1. The normalized spacial score (nSPS) is 18.0. The Morgan fingerprint density at radius 3 is 3.11 bits per heavy atom. The first-order valence-corrected chi connectivity index (χ1v) is 7.07. The second kappa shape index (κ2) is 6.08. The monoisotopic (exact) mass is 265 g/mol. The molecule has 0 amide bonds. The summed E-state index contributed by atoms with van der Waals surface area (Å²) < 4.78 is 6.95. The summed E-state index contributed by atoms with van der Waals surface area (Å²) in [6.07, 6.45) is 2.13. The molecule has 0 saturated heterocycles. The van der Waals surface area contributed by atoms with Gasteiger partial charge in [0.05, 0.1) is 24.8 Å². The Morgan fingerprint density at radius 1 is 1.63 bits per heavy atom. The number of hydrogen-bond donors (Lipinski definition) is 1. The predicted molar refractivity (Wildman–Crippen MR) is 74.0 cm³/mol. The van der Waals surface area contributed by atoms with Crippen molar-refractivity contribution >= 4 is 11.8 Å². The Labute approximate surface area is 114 Å². The Morgan fingerprint density at radius 2 is 2.42 bits per heavy atom. The quantitative estimate of drug-likeness (QED) is 0.828. The van der Waals surface area contributed by atoms with Gasteiger partial charge in [-0.3, -0.25) is 4.79 Å². The topological polar surface area (TPSA) is 56.1 Å². The molecule has 0 saturated carbocycles. The third-order valence-electron chi connectivity index (χ3n) is 3.35. The number of nitrogens with zero attached hydrogens (tertiary/aromatic N) is 2. The minimum atomic E-state index is -0.139. The molecule has 0 bridgehead atoms. The average molecular weight is 265 g/mol. The van der Waals surface area contributed by atoms with Gasteiger partial charge in [0.2, 0.25) is 0 Å². The maximum atomic E-state index is 11.7. The lowest BCUT2D eigenvalue weighted by molar-refractivity contribution is -0.148. The van der Waals surface area contributed by atoms with E-state index in [1.54, 1.807) is 0 Å². The average Bonchev–Trinajstić information content (AvgIpc) is 2.78. The van der Waals surface area contributed by atoms with Gasteiger partial charge in [-0.05, 0) is 25.7 Å². The zero-order valence-electron chi connectivity index (χ0n) is 12.0. The van der Waals surface area contributed by atoms with E-state index in [0.29, 0.717) is 25.6 Å². The van der Waals surface area contributed by atoms with Crippen LogP contribution in [0.1, 0.15) is 32.9 Å². The highest BCUT2D eigenvalue weighted by atomic mass is 16.5. The summed E-state index contributed by atoms with van der Waals surface area (Å²) in [5.74, 6) is 1.42. The fourth-order valence-corrected chi connectivity index (χ4v) is 2.23. The van der Waals surface area contributed by atoms with Crippen molar-refractivity contribution in [1.82, 2.24) is 9.78 Å². The molecule has 1 N–H and O–H groups in total. The van der Waals surface area contributed by atoms with E-state index in [9.17, 15) is 4.79 Å². The third-order valence-corrected chi connectivity index (χ3v) is 3.35. The maximum Gasteiger partial charge on any atom is 0.312 e. The van der Waals surface area contributed by atoms with Crippen molar-refractivity contribution in [2.45, 2.75) is 40.2 Å². The third kappa shape index (κ3) is 3.49. The number of carbonyl (C=O) groups excluding carboxylic acids is 1. The van der Waals surface area contributed by atoms with Crippen molar-refractivity contribution < 1.29 is 9.53 Å². The van der Waals surface area contributed by atoms with E-state index in [1.165, 1.54) is 0 Å². The van der Waals surface area contributed by atoms with Crippen LogP contribution in [0.25, 0.3) is 0 Å². The van der Waals surface area contributed by atoms with Crippen molar-refractivity contribution in [3.63, 3.8) is 0 Å². The Bertz CT molecular complexity index is 440. The molecule has 0 aliphatic carbocycles. The highest BCUT2D eigenvalue weighted by Gasteiger charge is 2.26. The van der Waals surface area contributed by atoms with E-state index in [4.69, 9.17) is 4.74 Å². The largest absolute Gasteiger partial charge is 0.466 e. The highest BCUT2D eigenvalue weighted by molar-refractivity contribution is 5.73. The minimum absolute atomic E-state index is 0.134. The molecule has 0 radical (unpaired) electrons. The van der Waals surface area contributed by atoms with Crippen LogP contribution in [0, 0.1) is 11.8 Å². The van der Waals surface area contributed by atoms with E-state index in [1.807, 2.05) is 11.6 Å². The Kier molecular flexibility index (Phi) is 4.45. The molecule has 106 valence electrons. The summed E-state index contributed by atoms with van der Waals surface area (Å²) in [6, 6.07) is 2.09. The number of ether oxygens (including phenoxy) is 1. The summed E-state index contributed by atoms with van der Waals surface area (Å²) in [5, 5.41) is 7.82. The minimum Gasteiger partial charge on any atom is -0.466 e. The molecule has 19 heavy (non-hydrogen) atoms. The van der Waals surface area contributed by atoms with Crippen LogP contribution < -0.4 is 5.32 Å². The van der Waals surface area contributed by atoms with Crippen LogP contribution in [0.5, 0.6) is 0 Å². The van der Waals surface area contributed by atoms with Crippen LogP contribution in [0.2, 0.25) is 0 Å². The fourth-order valence-electron chi connectivity index (χ4n) is 2.23. The van der Waals surface area contributed by atoms with E-state index in [0.717, 1.165) is 24.4 Å². The summed E-state index contributed by atoms with van der Waals surface area (Å²) in [6.45, 7) is 7.94. The van der Waals surface area contributed by atoms with Crippen LogP contribution in [-0.4, -0.2) is 28.9 Å². The molecule has 1 aliphatic heterocycles. The molecule has 0 spiro atoms. The van der Waals surface area contributed by atoms with Gasteiger partial charge in [-0.15, -0.1) is 0 Å². The molecule has 1 atom stereocenters. The molecule has 2 heterocycles. The number of anilines is 1. The van der Waals surface area contributed by atoms with Crippen molar-refractivity contribution in [2.75, 3.05) is 18.5 Å². The number of carbonyl (C=O) groups is 1. The van der Waals surface area contributed by atoms with Crippen LogP contribution >= 0.6 is 0 Å². The summed E-state index contributed by atoms with van der Waals surface area (Å²) in [5.41, 5.74) is 1.10. The molecule has 5 heteroatoms.